The molecule has 0 fully saturated rings. The Hall–Kier alpha value is -2.70. The highest BCUT2D eigenvalue weighted by atomic mass is 16.3. The zero-order valence-electron chi connectivity index (χ0n) is 22.5. The van der Waals surface area contributed by atoms with E-state index in [1.807, 2.05) is 78.2 Å². The van der Waals surface area contributed by atoms with Crippen molar-refractivity contribution in [3.05, 3.63) is 71.8 Å². The standard InChI is InChI=1S/C29H43N3O3/c1-23(33)20-32(21-26(34)30(6)28(2,3)18-24-14-10-8-11-15-24)22-27(35)31(7)29(4,5)19-25-16-12-9-13-17-25/h8-17,23,33H,18-22H2,1-7H3. The number of carbonyl (C=O) groups is 2. The minimum Gasteiger partial charge on any atom is -0.392 e. The number of likely N-dealkylation sites (N-methyl/N-ethyl adjacent to an activating group) is 2. The lowest BCUT2D eigenvalue weighted by molar-refractivity contribution is -0.139. The lowest BCUT2D eigenvalue weighted by Crippen LogP contribution is -2.54. The van der Waals surface area contributed by atoms with Crippen molar-refractivity contribution in [3.8, 4) is 0 Å². The molecule has 2 aromatic carbocycles. The molecule has 0 bridgehead atoms. The largest absolute Gasteiger partial charge is 0.392 e. The van der Waals surface area contributed by atoms with E-state index in [-0.39, 0.29) is 31.4 Å². The molecule has 192 valence electrons. The van der Waals surface area contributed by atoms with E-state index in [4.69, 9.17) is 0 Å². The average Bonchev–Trinajstić information content (AvgIpc) is 2.78. The van der Waals surface area contributed by atoms with Gasteiger partial charge in [-0.3, -0.25) is 14.5 Å². The van der Waals surface area contributed by atoms with Gasteiger partial charge in [0.25, 0.3) is 0 Å². The molecule has 0 radical (unpaired) electrons. The highest BCUT2D eigenvalue weighted by molar-refractivity contribution is 5.82. The van der Waals surface area contributed by atoms with Gasteiger partial charge in [0.1, 0.15) is 0 Å². The number of aliphatic hydroxyl groups excluding tert-OH is 1. The number of hydrogen-bond donors (Lipinski definition) is 1. The van der Waals surface area contributed by atoms with Crippen LogP contribution in [0.4, 0.5) is 0 Å². The van der Waals surface area contributed by atoms with Crippen molar-refractivity contribution in [1.29, 1.82) is 0 Å². The predicted molar refractivity (Wildman–Crippen MR) is 142 cm³/mol. The fraction of sp³-hybridized carbons (Fsp3) is 0.517. The highest BCUT2D eigenvalue weighted by Crippen LogP contribution is 2.21. The number of nitrogens with zero attached hydrogens (tertiary/aromatic N) is 3. The molecule has 0 aliphatic carbocycles. The van der Waals surface area contributed by atoms with Gasteiger partial charge in [-0.15, -0.1) is 0 Å². The van der Waals surface area contributed by atoms with E-state index in [1.165, 1.54) is 0 Å². The zero-order chi connectivity index (χ0) is 26.2. The van der Waals surface area contributed by atoms with Gasteiger partial charge in [0, 0.05) is 31.7 Å². The van der Waals surface area contributed by atoms with Crippen molar-refractivity contribution in [1.82, 2.24) is 14.7 Å². The lowest BCUT2D eigenvalue weighted by atomic mass is 9.93. The van der Waals surface area contributed by atoms with Gasteiger partial charge in [-0.2, -0.15) is 0 Å². The Bertz CT molecular complexity index is 869. The first-order valence-electron chi connectivity index (χ1n) is 12.3. The molecule has 35 heavy (non-hydrogen) atoms. The summed E-state index contributed by atoms with van der Waals surface area (Å²) in [6, 6.07) is 20.2. The number of benzene rings is 2. The van der Waals surface area contributed by atoms with Crippen LogP contribution in [0.25, 0.3) is 0 Å². The molecule has 1 N–H and O–H groups in total. The molecule has 0 heterocycles. The predicted octanol–water partition coefficient (Wildman–Crippen LogP) is 3.63. The van der Waals surface area contributed by atoms with E-state index >= 15 is 0 Å². The monoisotopic (exact) mass is 481 g/mol. The summed E-state index contributed by atoms with van der Waals surface area (Å²) in [4.78, 5) is 31.7. The number of aliphatic hydroxyl groups is 1. The minimum absolute atomic E-state index is 0.0678. The van der Waals surface area contributed by atoms with Crippen molar-refractivity contribution in [3.63, 3.8) is 0 Å². The number of carbonyl (C=O) groups excluding carboxylic acids is 2. The second-order valence-corrected chi connectivity index (χ2v) is 10.9. The molecular weight excluding hydrogens is 438 g/mol. The summed E-state index contributed by atoms with van der Waals surface area (Å²) in [6.07, 6.45) is 0.796. The molecule has 0 saturated heterocycles. The summed E-state index contributed by atoms with van der Waals surface area (Å²) >= 11 is 0. The maximum atomic E-state index is 13.2. The van der Waals surface area contributed by atoms with Gasteiger partial charge in [-0.1, -0.05) is 60.7 Å². The molecule has 0 spiro atoms. The van der Waals surface area contributed by atoms with Crippen LogP contribution in [0.15, 0.2) is 60.7 Å². The molecule has 0 saturated carbocycles. The van der Waals surface area contributed by atoms with E-state index in [0.717, 1.165) is 24.0 Å². The second kappa shape index (κ2) is 12.3. The Labute approximate surface area is 211 Å². The molecule has 2 amide bonds. The van der Waals surface area contributed by atoms with Crippen LogP contribution in [0.2, 0.25) is 0 Å². The SMILES string of the molecule is CC(O)CN(CC(=O)N(C)C(C)(C)Cc1ccccc1)CC(=O)N(C)C(C)(C)Cc1ccccc1. The smallest absolute Gasteiger partial charge is 0.236 e. The fourth-order valence-electron chi connectivity index (χ4n) is 4.26. The maximum absolute atomic E-state index is 13.2. The highest BCUT2D eigenvalue weighted by Gasteiger charge is 2.32. The topological polar surface area (TPSA) is 64.1 Å². The van der Waals surface area contributed by atoms with Crippen molar-refractivity contribution >= 4 is 11.8 Å². The molecular formula is C29H43N3O3. The van der Waals surface area contributed by atoms with E-state index in [0.29, 0.717) is 0 Å². The Kier molecular flexibility index (Phi) is 10.0. The first-order chi connectivity index (χ1) is 16.3. The molecule has 2 aromatic rings. The lowest BCUT2D eigenvalue weighted by Gasteiger charge is -2.39. The van der Waals surface area contributed by atoms with Crippen molar-refractivity contribution in [2.24, 2.45) is 0 Å². The van der Waals surface area contributed by atoms with E-state index in [9.17, 15) is 14.7 Å². The molecule has 1 atom stereocenters. The van der Waals surface area contributed by atoms with Crippen molar-refractivity contribution in [2.75, 3.05) is 33.7 Å². The van der Waals surface area contributed by atoms with E-state index in [1.54, 1.807) is 21.6 Å². The van der Waals surface area contributed by atoms with Crippen LogP contribution in [-0.4, -0.2) is 82.5 Å². The third-order valence-electron chi connectivity index (χ3n) is 6.76. The first-order valence-corrected chi connectivity index (χ1v) is 12.3. The van der Waals surface area contributed by atoms with Crippen LogP contribution in [0.1, 0.15) is 45.7 Å². The summed E-state index contributed by atoms with van der Waals surface area (Å²) in [7, 11) is 3.62. The number of rotatable bonds is 12. The zero-order valence-corrected chi connectivity index (χ0v) is 22.5. The Balaban J connectivity index is 2.06. The molecule has 6 heteroatoms. The summed E-state index contributed by atoms with van der Waals surface area (Å²) in [5.41, 5.74) is 1.53. The quantitative estimate of drug-likeness (QED) is 0.503. The third kappa shape index (κ3) is 8.79. The summed E-state index contributed by atoms with van der Waals surface area (Å²) < 4.78 is 0. The molecule has 0 aromatic heterocycles. The Morgan fingerprint density at radius 1 is 0.743 bits per heavy atom. The second-order valence-electron chi connectivity index (χ2n) is 10.9. The van der Waals surface area contributed by atoms with Crippen LogP contribution < -0.4 is 0 Å². The Morgan fingerprint density at radius 3 is 1.40 bits per heavy atom. The van der Waals surface area contributed by atoms with E-state index in [2.05, 4.69) is 24.3 Å². The van der Waals surface area contributed by atoms with Crippen LogP contribution in [0, 0.1) is 0 Å². The number of hydrogen-bond acceptors (Lipinski definition) is 4. The molecule has 6 nitrogen and oxygen atoms in total. The van der Waals surface area contributed by atoms with Gasteiger partial charge in [-0.25, -0.2) is 0 Å². The number of amides is 2. The molecule has 0 aliphatic rings. The summed E-state index contributed by atoms with van der Waals surface area (Å²) in [6.45, 7) is 10.2. The fourth-order valence-corrected chi connectivity index (χ4v) is 4.26. The van der Waals surface area contributed by atoms with Crippen LogP contribution in [-0.2, 0) is 22.4 Å². The van der Waals surface area contributed by atoms with Crippen molar-refractivity contribution in [2.45, 2.75) is 64.6 Å². The summed E-state index contributed by atoms with van der Waals surface area (Å²) in [5.74, 6) is -0.156. The minimum atomic E-state index is -0.652. The van der Waals surface area contributed by atoms with Gasteiger partial charge in [0.05, 0.1) is 19.2 Å². The third-order valence-corrected chi connectivity index (χ3v) is 6.76. The van der Waals surface area contributed by atoms with Crippen LogP contribution >= 0.6 is 0 Å². The summed E-state index contributed by atoms with van der Waals surface area (Å²) in [5, 5.41) is 10.0. The maximum Gasteiger partial charge on any atom is 0.236 e. The average molecular weight is 482 g/mol. The van der Waals surface area contributed by atoms with Crippen molar-refractivity contribution < 1.29 is 14.7 Å². The van der Waals surface area contributed by atoms with Gasteiger partial charge in [-0.05, 0) is 58.6 Å². The normalized spacial score (nSPS) is 12.9. The van der Waals surface area contributed by atoms with E-state index < -0.39 is 17.2 Å². The first kappa shape index (κ1) is 28.5. The van der Waals surface area contributed by atoms with Crippen LogP contribution in [0.3, 0.4) is 0 Å². The van der Waals surface area contributed by atoms with Gasteiger partial charge >= 0.3 is 0 Å². The van der Waals surface area contributed by atoms with Gasteiger partial charge < -0.3 is 14.9 Å². The Morgan fingerprint density at radius 2 is 1.09 bits per heavy atom. The molecule has 2 rings (SSSR count). The molecule has 1 unspecified atom stereocenters. The van der Waals surface area contributed by atoms with Gasteiger partial charge in [0.2, 0.25) is 11.8 Å². The van der Waals surface area contributed by atoms with Gasteiger partial charge in [0.15, 0.2) is 0 Å². The van der Waals surface area contributed by atoms with Crippen LogP contribution in [0.5, 0.6) is 0 Å². The molecule has 0 aliphatic heterocycles.